The Labute approximate surface area is 151 Å². The Morgan fingerprint density at radius 1 is 0.920 bits per heavy atom. The van der Waals surface area contributed by atoms with Gasteiger partial charge in [0.1, 0.15) is 17.9 Å². The van der Waals surface area contributed by atoms with Gasteiger partial charge in [0, 0.05) is 11.1 Å². The van der Waals surface area contributed by atoms with Crippen molar-refractivity contribution in [1.29, 1.82) is 0 Å². The predicted molar refractivity (Wildman–Crippen MR) is 103 cm³/mol. The number of piperidine rings is 1. The molecule has 0 spiro atoms. The molecule has 0 bridgehead atoms. The summed E-state index contributed by atoms with van der Waals surface area (Å²) in [7, 11) is 2.27. The molecule has 1 unspecified atom stereocenters. The van der Waals surface area contributed by atoms with Crippen LogP contribution in [-0.4, -0.2) is 12.8 Å². The van der Waals surface area contributed by atoms with E-state index in [1.165, 1.54) is 28.9 Å². The maximum Gasteiger partial charge on any atom is 0.148 e. The van der Waals surface area contributed by atoms with Crippen molar-refractivity contribution in [2.24, 2.45) is 5.92 Å². The van der Waals surface area contributed by atoms with Gasteiger partial charge in [-0.15, -0.1) is 0 Å². The zero-order valence-corrected chi connectivity index (χ0v) is 15.4. The number of unbranched alkanes of at least 4 members (excludes halogenated alkanes) is 2. The van der Waals surface area contributed by atoms with E-state index in [9.17, 15) is 4.79 Å². The smallest absolute Gasteiger partial charge is 0.148 e. The summed E-state index contributed by atoms with van der Waals surface area (Å²) in [6, 6.07) is 21.7. The molecular formula is C23H30NO+. The predicted octanol–water partition coefficient (Wildman–Crippen LogP) is 4.15. The molecule has 0 amide bonds. The summed E-state index contributed by atoms with van der Waals surface area (Å²) < 4.78 is 0. The van der Waals surface area contributed by atoms with E-state index < -0.39 is 0 Å². The van der Waals surface area contributed by atoms with Gasteiger partial charge in [-0.05, 0) is 6.42 Å². The molecule has 0 aromatic heterocycles. The van der Waals surface area contributed by atoms with Gasteiger partial charge in [-0.25, -0.2) is 0 Å². The molecule has 1 aliphatic heterocycles. The summed E-state index contributed by atoms with van der Waals surface area (Å²) in [5.74, 6) is 0.596. The van der Waals surface area contributed by atoms with Crippen LogP contribution in [0.15, 0.2) is 60.7 Å². The highest BCUT2D eigenvalue weighted by atomic mass is 16.1. The van der Waals surface area contributed by atoms with Gasteiger partial charge < -0.3 is 4.90 Å². The van der Waals surface area contributed by atoms with Gasteiger partial charge in [-0.2, -0.15) is 0 Å². The lowest BCUT2D eigenvalue weighted by atomic mass is 9.77. The molecular weight excluding hydrogens is 306 g/mol. The minimum Gasteiger partial charge on any atom is -0.324 e. The van der Waals surface area contributed by atoms with E-state index in [1.807, 2.05) is 6.07 Å². The number of carbonyl (C=O) groups excluding carboxylic acids is 1. The zero-order chi connectivity index (χ0) is 17.6. The number of ketones is 1. The van der Waals surface area contributed by atoms with Crippen LogP contribution in [0.3, 0.4) is 0 Å². The van der Waals surface area contributed by atoms with Crippen LogP contribution in [0.25, 0.3) is 0 Å². The van der Waals surface area contributed by atoms with E-state index in [0.717, 1.165) is 12.8 Å². The average Bonchev–Trinajstić information content (AvgIpc) is 2.66. The molecule has 4 atom stereocenters. The number of hydrogen-bond donors (Lipinski definition) is 1. The standard InChI is InChI=1S/C23H29NO/c1-3-4-7-16-20-22(25)17-21(18-12-8-5-9-13-18)24(2)23(20)19-14-10-6-11-15-19/h5-6,8-15,20-21,23H,3-4,7,16-17H2,1-2H3/p+1/t20-,21+,23-/m1/s1. The summed E-state index contributed by atoms with van der Waals surface area (Å²) in [5.41, 5.74) is 2.58. The Hall–Kier alpha value is -1.93. The molecule has 2 heteroatoms. The van der Waals surface area contributed by atoms with E-state index >= 15 is 0 Å². The van der Waals surface area contributed by atoms with Crippen LogP contribution in [0.5, 0.6) is 0 Å². The Kier molecular flexibility index (Phi) is 6.04. The highest BCUT2D eigenvalue weighted by Crippen LogP contribution is 2.33. The van der Waals surface area contributed by atoms with Crippen LogP contribution in [0.2, 0.25) is 0 Å². The molecule has 25 heavy (non-hydrogen) atoms. The number of Topliss-reactive ketones (excluding diaryl/α,β-unsaturated/α-hetero) is 1. The van der Waals surface area contributed by atoms with Gasteiger partial charge in [-0.1, -0.05) is 86.8 Å². The van der Waals surface area contributed by atoms with Crippen LogP contribution in [0.4, 0.5) is 0 Å². The first-order valence-corrected chi connectivity index (χ1v) is 9.68. The lowest BCUT2D eigenvalue weighted by molar-refractivity contribution is -0.949. The third-order valence-corrected chi connectivity index (χ3v) is 5.74. The van der Waals surface area contributed by atoms with Crippen molar-refractivity contribution in [2.75, 3.05) is 7.05 Å². The Morgan fingerprint density at radius 3 is 2.12 bits per heavy atom. The molecule has 2 aromatic carbocycles. The number of quaternary nitrogens is 1. The summed E-state index contributed by atoms with van der Waals surface area (Å²) in [6.45, 7) is 2.22. The number of rotatable bonds is 6. The van der Waals surface area contributed by atoms with Crippen molar-refractivity contribution >= 4 is 5.78 Å². The van der Waals surface area contributed by atoms with Gasteiger partial charge in [0.2, 0.25) is 0 Å². The van der Waals surface area contributed by atoms with Crippen molar-refractivity contribution in [2.45, 2.75) is 51.1 Å². The minimum atomic E-state index is 0.147. The van der Waals surface area contributed by atoms with Gasteiger partial charge >= 0.3 is 0 Å². The third kappa shape index (κ3) is 4.01. The first-order valence-electron chi connectivity index (χ1n) is 9.68. The fourth-order valence-corrected chi connectivity index (χ4v) is 4.40. The van der Waals surface area contributed by atoms with E-state index in [4.69, 9.17) is 0 Å². The summed E-state index contributed by atoms with van der Waals surface area (Å²) in [5, 5.41) is 0. The molecule has 0 aliphatic carbocycles. The second-order valence-corrected chi connectivity index (χ2v) is 7.37. The first-order chi connectivity index (χ1) is 12.2. The molecule has 1 aliphatic rings. The molecule has 1 heterocycles. The van der Waals surface area contributed by atoms with Gasteiger partial charge in [0.25, 0.3) is 0 Å². The van der Waals surface area contributed by atoms with Crippen molar-refractivity contribution < 1.29 is 9.69 Å². The van der Waals surface area contributed by atoms with Crippen molar-refractivity contribution in [3.05, 3.63) is 71.8 Å². The van der Waals surface area contributed by atoms with Crippen LogP contribution < -0.4 is 4.90 Å². The molecule has 2 aromatic rings. The molecule has 132 valence electrons. The van der Waals surface area contributed by atoms with Crippen LogP contribution in [0, 0.1) is 5.92 Å². The van der Waals surface area contributed by atoms with Crippen LogP contribution >= 0.6 is 0 Å². The Balaban J connectivity index is 1.91. The van der Waals surface area contributed by atoms with Crippen molar-refractivity contribution in [1.82, 2.24) is 0 Å². The Bertz CT molecular complexity index is 667. The summed E-state index contributed by atoms with van der Waals surface area (Å²) >= 11 is 0. The topological polar surface area (TPSA) is 21.5 Å². The second kappa shape index (κ2) is 8.44. The highest BCUT2D eigenvalue weighted by molar-refractivity contribution is 5.83. The maximum absolute atomic E-state index is 13.1. The van der Waals surface area contributed by atoms with Crippen LogP contribution in [-0.2, 0) is 4.79 Å². The number of carbonyl (C=O) groups is 1. The molecule has 1 N–H and O–H groups in total. The lowest BCUT2D eigenvalue weighted by Gasteiger charge is -2.41. The lowest BCUT2D eigenvalue weighted by Crippen LogP contribution is -3.11. The largest absolute Gasteiger partial charge is 0.324 e. The molecule has 0 radical (unpaired) electrons. The highest BCUT2D eigenvalue weighted by Gasteiger charge is 2.44. The summed E-state index contributed by atoms with van der Waals surface area (Å²) in [4.78, 5) is 14.5. The number of hydrogen-bond acceptors (Lipinski definition) is 1. The minimum absolute atomic E-state index is 0.147. The Morgan fingerprint density at radius 2 is 1.52 bits per heavy atom. The summed E-state index contributed by atoms with van der Waals surface area (Å²) in [6.07, 6.45) is 5.25. The fourth-order valence-electron chi connectivity index (χ4n) is 4.40. The monoisotopic (exact) mass is 336 g/mol. The fraction of sp³-hybridized carbons (Fsp3) is 0.435. The third-order valence-electron chi connectivity index (χ3n) is 5.74. The van der Waals surface area contributed by atoms with E-state index in [2.05, 4.69) is 68.6 Å². The normalized spacial score (nSPS) is 26.6. The first kappa shape index (κ1) is 17.9. The van der Waals surface area contributed by atoms with E-state index in [-0.39, 0.29) is 18.0 Å². The van der Waals surface area contributed by atoms with Gasteiger partial charge in [0.05, 0.1) is 19.4 Å². The van der Waals surface area contributed by atoms with E-state index in [1.54, 1.807) is 0 Å². The van der Waals surface area contributed by atoms with Gasteiger partial charge in [-0.3, -0.25) is 4.79 Å². The molecule has 1 fully saturated rings. The maximum atomic E-state index is 13.1. The van der Waals surface area contributed by atoms with Crippen molar-refractivity contribution in [3.63, 3.8) is 0 Å². The quantitative estimate of drug-likeness (QED) is 0.786. The molecule has 1 saturated heterocycles. The number of benzene rings is 2. The zero-order valence-electron chi connectivity index (χ0n) is 15.4. The molecule has 2 nitrogen and oxygen atoms in total. The van der Waals surface area contributed by atoms with Gasteiger partial charge in [0.15, 0.2) is 0 Å². The molecule has 0 saturated carbocycles. The second-order valence-electron chi connectivity index (χ2n) is 7.37. The average molecular weight is 336 g/mol. The number of likely N-dealkylation sites (tertiary alicyclic amines) is 1. The van der Waals surface area contributed by atoms with Crippen molar-refractivity contribution in [3.8, 4) is 0 Å². The SMILES string of the molecule is CCCCC[C@@H]1C(=O)C[C@@H](c2ccccc2)[NH+](C)[C@@H]1c1ccccc1. The van der Waals surface area contributed by atoms with E-state index in [0.29, 0.717) is 12.2 Å². The molecule has 3 rings (SSSR count). The van der Waals surface area contributed by atoms with Crippen LogP contribution in [0.1, 0.15) is 62.2 Å². The number of nitrogens with one attached hydrogen (secondary N) is 1.